The molecule has 2 aromatic heterocycles. The maximum Gasteiger partial charge on any atom is 0.489 e. The van der Waals surface area contributed by atoms with Gasteiger partial charge in [0.05, 0.1) is 19.0 Å². The van der Waals surface area contributed by atoms with Crippen molar-refractivity contribution in [1.82, 2.24) is 24.6 Å². The number of hydrogen-bond donors (Lipinski definition) is 7. The van der Waals surface area contributed by atoms with Crippen LogP contribution in [0, 0.1) is 0 Å². The third kappa shape index (κ3) is 8.83. The Balaban J connectivity index is 1.50. The summed E-state index contributed by atoms with van der Waals surface area (Å²) in [5.41, 5.74) is 11.8. The van der Waals surface area contributed by atoms with Crippen LogP contribution >= 0.6 is 23.4 Å². The number of hydrogen-bond acceptors (Lipinski definition) is 13. The van der Waals surface area contributed by atoms with Crippen LogP contribution in [0.25, 0.3) is 11.2 Å². The SMILES string of the molecule is NCCCCCCNP(=O)(O)OP(=O)(O)OP(=O)(O)OC[C@H]1O[C@@H](n2cnc3c(N)ncnc32)C[C@@H]1O. The number of aromatic nitrogens is 4. The second-order valence-electron chi connectivity index (χ2n) is 8.04. The number of ether oxygens (including phenoxy) is 1. The molecular formula is C16H30N7O11P3. The van der Waals surface area contributed by atoms with Gasteiger partial charge in [-0.3, -0.25) is 9.09 Å². The lowest BCUT2D eigenvalue weighted by Gasteiger charge is -2.20. The fourth-order valence-electron chi connectivity index (χ4n) is 3.47. The minimum atomic E-state index is -5.53. The number of aliphatic hydroxyl groups is 1. The van der Waals surface area contributed by atoms with E-state index in [9.17, 15) is 33.5 Å². The minimum absolute atomic E-state index is 0.0210. The van der Waals surface area contributed by atoms with Gasteiger partial charge < -0.3 is 36.0 Å². The summed E-state index contributed by atoms with van der Waals surface area (Å²) in [5, 5.41) is 12.3. The summed E-state index contributed by atoms with van der Waals surface area (Å²) in [5.74, 6) is 0.140. The van der Waals surface area contributed by atoms with Crippen LogP contribution in [-0.4, -0.2) is 71.2 Å². The normalized spacial score (nSPS) is 25.1. The van der Waals surface area contributed by atoms with Crippen LogP contribution < -0.4 is 16.6 Å². The van der Waals surface area contributed by atoms with E-state index in [0.29, 0.717) is 30.6 Å². The first-order valence-corrected chi connectivity index (χ1v) is 15.7. The van der Waals surface area contributed by atoms with Gasteiger partial charge >= 0.3 is 23.4 Å². The number of anilines is 1. The van der Waals surface area contributed by atoms with Crippen LogP contribution in [0.5, 0.6) is 0 Å². The van der Waals surface area contributed by atoms with Crippen LogP contribution in [0.2, 0.25) is 0 Å². The summed E-state index contributed by atoms with van der Waals surface area (Å²) < 4.78 is 56.2. The van der Waals surface area contributed by atoms with Crippen molar-refractivity contribution in [2.75, 3.05) is 25.4 Å². The molecule has 3 unspecified atom stereocenters. The van der Waals surface area contributed by atoms with E-state index in [2.05, 4.69) is 33.2 Å². The van der Waals surface area contributed by atoms with Crippen molar-refractivity contribution in [3.63, 3.8) is 0 Å². The van der Waals surface area contributed by atoms with Crippen molar-refractivity contribution in [2.24, 2.45) is 5.73 Å². The number of nitrogens with zero attached hydrogens (tertiary/aromatic N) is 4. The number of phosphoric ester groups is 1. The molecule has 0 bridgehead atoms. The van der Waals surface area contributed by atoms with Crippen LogP contribution in [-0.2, 0) is 31.6 Å². The van der Waals surface area contributed by atoms with Gasteiger partial charge in [0.25, 0.3) is 0 Å². The highest BCUT2D eigenvalue weighted by Gasteiger charge is 2.43. The molecule has 1 fully saturated rings. The topological polar surface area (TPSA) is 277 Å². The van der Waals surface area contributed by atoms with Gasteiger partial charge in [0.15, 0.2) is 11.5 Å². The van der Waals surface area contributed by atoms with Crippen LogP contribution in [0.4, 0.5) is 5.82 Å². The van der Waals surface area contributed by atoms with Gasteiger partial charge in [0.1, 0.15) is 24.2 Å². The van der Waals surface area contributed by atoms with E-state index in [1.807, 2.05) is 0 Å². The first kappa shape index (κ1) is 30.2. The Bertz CT molecular complexity index is 1200. The average molecular weight is 589 g/mol. The Morgan fingerprint density at radius 1 is 1.08 bits per heavy atom. The fourth-order valence-corrected chi connectivity index (χ4v) is 7.21. The molecule has 2 aromatic rings. The third-order valence-corrected chi connectivity index (χ3v) is 9.63. The van der Waals surface area contributed by atoms with Crippen LogP contribution in [0.15, 0.2) is 12.7 Å². The number of fused-ring (bicyclic) bond motifs is 1. The van der Waals surface area contributed by atoms with Gasteiger partial charge in [-0.1, -0.05) is 12.8 Å². The molecule has 0 aliphatic carbocycles. The first-order valence-electron chi connectivity index (χ1n) is 11.1. The predicted molar refractivity (Wildman–Crippen MR) is 127 cm³/mol. The predicted octanol–water partition coefficient (Wildman–Crippen LogP) is 0.517. The molecular weight excluding hydrogens is 559 g/mol. The zero-order chi connectivity index (χ0) is 27.3. The number of aliphatic hydroxyl groups excluding tert-OH is 1. The molecule has 6 atom stereocenters. The van der Waals surface area contributed by atoms with Crippen molar-refractivity contribution in [2.45, 2.75) is 50.5 Å². The number of nitrogens with two attached hydrogens (primary N) is 2. The zero-order valence-electron chi connectivity index (χ0n) is 19.5. The summed E-state index contributed by atoms with van der Waals surface area (Å²) in [6.07, 6.45) is 2.20. The van der Waals surface area contributed by atoms with E-state index in [0.717, 1.165) is 12.8 Å². The van der Waals surface area contributed by atoms with Gasteiger partial charge in [0, 0.05) is 13.0 Å². The van der Waals surface area contributed by atoms with Crippen LogP contribution in [0.1, 0.15) is 38.3 Å². The van der Waals surface area contributed by atoms with Crippen molar-refractivity contribution in [3.8, 4) is 0 Å². The monoisotopic (exact) mass is 589 g/mol. The Morgan fingerprint density at radius 3 is 2.54 bits per heavy atom. The van der Waals surface area contributed by atoms with E-state index >= 15 is 0 Å². The lowest BCUT2D eigenvalue weighted by molar-refractivity contribution is -0.0423. The van der Waals surface area contributed by atoms with Gasteiger partial charge in [-0.15, -0.1) is 0 Å². The summed E-state index contributed by atoms with van der Waals surface area (Å²) in [6.45, 7) is -0.260. The van der Waals surface area contributed by atoms with Gasteiger partial charge in [0.2, 0.25) is 0 Å². The molecule has 0 saturated carbocycles. The number of unbranched alkanes of at least 4 members (excludes halogenated alkanes) is 3. The van der Waals surface area contributed by atoms with E-state index < -0.39 is 48.4 Å². The minimum Gasteiger partial charge on any atom is -0.390 e. The Kier molecular flexibility index (Phi) is 10.3. The second kappa shape index (κ2) is 12.7. The number of nitrogens with one attached hydrogen (secondary N) is 1. The van der Waals surface area contributed by atoms with Crippen molar-refractivity contribution in [1.29, 1.82) is 0 Å². The van der Waals surface area contributed by atoms with Crippen LogP contribution in [0.3, 0.4) is 0 Å². The largest absolute Gasteiger partial charge is 0.489 e. The molecule has 0 amide bonds. The third-order valence-electron chi connectivity index (χ3n) is 5.17. The highest BCUT2D eigenvalue weighted by atomic mass is 31.3. The van der Waals surface area contributed by atoms with E-state index in [1.54, 1.807) is 0 Å². The van der Waals surface area contributed by atoms with E-state index in [1.165, 1.54) is 17.2 Å². The Morgan fingerprint density at radius 2 is 1.81 bits per heavy atom. The Labute approximate surface area is 211 Å². The summed E-state index contributed by atoms with van der Waals surface area (Å²) >= 11 is 0. The van der Waals surface area contributed by atoms with Crippen molar-refractivity contribution < 1.29 is 51.4 Å². The molecule has 9 N–H and O–H groups in total. The molecule has 1 saturated heterocycles. The summed E-state index contributed by atoms with van der Waals surface area (Å²) in [7, 11) is -15.7. The Hall–Kier alpha value is -1.36. The molecule has 1 aliphatic heterocycles. The molecule has 3 heterocycles. The smallest absolute Gasteiger partial charge is 0.390 e. The van der Waals surface area contributed by atoms with Gasteiger partial charge in [-0.2, -0.15) is 8.62 Å². The zero-order valence-corrected chi connectivity index (χ0v) is 22.2. The molecule has 210 valence electrons. The van der Waals surface area contributed by atoms with Crippen molar-refractivity contribution in [3.05, 3.63) is 12.7 Å². The highest BCUT2D eigenvalue weighted by Crippen LogP contribution is 2.66. The van der Waals surface area contributed by atoms with E-state index in [-0.39, 0.29) is 18.8 Å². The molecule has 1 aliphatic rings. The second-order valence-corrected chi connectivity index (χ2v) is 12.8. The maximum absolute atomic E-state index is 12.2. The molecule has 18 nitrogen and oxygen atoms in total. The quantitative estimate of drug-likeness (QED) is 0.110. The lowest BCUT2D eigenvalue weighted by Crippen LogP contribution is -2.26. The molecule has 0 radical (unpaired) electrons. The molecule has 0 spiro atoms. The lowest BCUT2D eigenvalue weighted by atomic mass is 10.2. The van der Waals surface area contributed by atoms with Gasteiger partial charge in [-0.25, -0.2) is 33.7 Å². The highest BCUT2D eigenvalue weighted by molar-refractivity contribution is 7.67. The number of imidazole rings is 1. The standard InChI is InChI=1S/C16H30N7O11P3/c17-5-3-1-2-4-6-22-35(25,26)33-37(29,30)34-36(27,28)31-8-12-11(24)7-13(32-12)23-10-21-14-15(18)19-9-20-16(14)23/h9-13,24H,1-8,17H2,(H,27,28)(H,29,30)(H2,18,19,20)(H2,22,25,26)/t11-,12+,13+/m0/s1. The number of phosphoric acid groups is 2. The summed E-state index contributed by atoms with van der Waals surface area (Å²) in [6, 6.07) is 0. The van der Waals surface area contributed by atoms with Crippen molar-refractivity contribution >= 4 is 40.4 Å². The number of nitrogen functional groups attached to an aromatic ring is 1. The van der Waals surface area contributed by atoms with Gasteiger partial charge in [-0.05, 0) is 19.4 Å². The molecule has 37 heavy (non-hydrogen) atoms. The number of rotatable bonds is 15. The maximum atomic E-state index is 12.2. The average Bonchev–Trinajstić information content (AvgIpc) is 3.37. The van der Waals surface area contributed by atoms with E-state index in [4.69, 9.17) is 16.2 Å². The first-order chi connectivity index (χ1) is 17.3. The summed E-state index contributed by atoms with van der Waals surface area (Å²) in [4.78, 5) is 41.2. The fraction of sp³-hybridized carbons (Fsp3) is 0.688. The molecule has 0 aromatic carbocycles. The molecule has 21 heteroatoms. The molecule has 3 rings (SSSR count).